The number of benzene rings is 2. The van der Waals surface area contributed by atoms with Gasteiger partial charge in [-0.25, -0.2) is 4.79 Å². The van der Waals surface area contributed by atoms with Crippen LogP contribution in [0.5, 0.6) is 11.5 Å². The topological polar surface area (TPSA) is 60.7 Å². The van der Waals surface area contributed by atoms with Crippen molar-refractivity contribution in [1.29, 1.82) is 0 Å². The van der Waals surface area contributed by atoms with E-state index in [-0.39, 0.29) is 5.56 Å². The number of ether oxygens (including phenoxy) is 2. The monoisotopic (exact) mass is 311 g/mol. The molecule has 2 aromatic carbocycles. The maximum atomic E-state index is 11.5. The molecule has 1 N–H and O–H groups in total. The molecule has 0 amide bonds. The Hall–Kier alpha value is -2.95. The largest absolute Gasteiger partial charge is 0.497 e. The number of aromatic carboxylic acids is 1. The van der Waals surface area contributed by atoms with Crippen LogP contribution in [0.15, 0.2) is 48.7 Å². The summed E-state index contributed by atoms with van der Waals surface area (Å²) >= 11 is 0. The molecule has 3 rings (SSSR count). The van der Waals surface area contributed by atoms with E-state index in [4.69, 9.17) is 9.47 Å². The number of rotatable bonds is 5. The first-order valence-electron chi connectivity index (χ1n) is 7.15. The van der Waals surface area contributed by atoms with Gasteiger partial charge in [0.2, 0.25) is 0 Å². The molecule has 3 aromatic rings. The smallest absolute Gasteiger partial charge is 0.337 e. The molecule has 1 heterocycles. The molecule has 0 radical (unpaired) electrons. The molecule has 0 bridgehead atoms. The zero-order valence-corrected chi connectivity index (χ0v) is 12.9. The van der Waals surface area contributed by atoms with E-state index in [1.807, 2.05) is 34.9 Å². The van der Waals surface area contributed by atoms with Gasteiger partial charge in [-0.1, -0.05) is 12.1 Å². The van der Waals surface area contributed by atoms with Gasteiger partial charge in [-0.3, -0.25) is 0 Å². The molecule has 0 saturated carbocycles. The van der Waals surface area contributed by atoms with Crippen molar-refractivity contribution >= 4 is 16.9 Å². The maximum absolute atomic E-state index is 11.5. The lowest BCUT2D eigenvalue weighted by Crippen LogP contribution is -1.99. The minimum absolute atomic E-state index is 0.288. The van der Waals surface area contributed by atoms with E-state index in [9.17, 15) is 9.90 Å². The van der Waals surface area contributed by atoms with Gasteiger partial charge in [-0.2, -0.15) is 0 Å². The summed E-state index contributed by atoms with van der Waals surface area (Å²) in [5.41, 5.74) is 2.18. The van der Waals surface area contributed by atoms with Crippen LogP contribution >= 0.6 is 0 Å². The number of nitrogens with zero attached hydrogens (tertiary/aromatic N) is 1. The third kappa shape index (κ3) is 2.85. The highest BCUT2D eigenvalue weighted by Crippen LogP contribution is 2.27. The van der Waals surface area contributed by atoms with Crippen LogP contribution in [-0.2, 0) is 6.54 Å². The van der Waals surface area contributed by atoms with E-state index in [1.54, 1.807) is 32.5 Å². The van der Waals surface area contributed by atoms with Crippen molar-refractivity contribution in [3.05, 3.63) is 59.8 Å². The second kappa shape index (κ2) is 6.04. The SMILES string of the molecule is COc1ccc(Cn2cc(C(=O)O)c3ccc(OC)cc32)cc1. The lowest BCUT2D eigenvalue weighted by Gasteiger charge is -2.08. The summed E-state index contributed by atoms with van der Waals surface area (Å²) in [5.74, 6) is 0.552. The zero-order chi connectivity index (χ0) is 16.4. The Morgan fingerprint density at radius 1 is 1.04 bits per heavy atom. The quantitative estimate of drug-likeness (QED) is 0.784. The Morgan fingerprint density at radius 2 is 1.70 bits per heavy atom. The molecule has 5 heteroatoms. The van der Waals surface area contributed by atoms with Crippen molar-refractivity contribution in [2.24, 2.45) is 0 Å². The molecule has 0 saturated heterocycles. The second-order valence-electron chi connectivity index (χ2n) is 5.21. The van der Waals surface area contributed by atoms with Crippen LogP contribution < -0.4 is 9.47 Å². The van der Waals surface area contributed by atoms with E-state index in [0.717, 1.165) is 16.8 Å². The second-order valence-corrected chi connectivity index (χ2v) is 5.21. The Bertz CT molecular complexity index is 849. The summed E-state index contributed by atoms with van der Waals surface area (Å²) in [6, 6.07) is 13.1. The Labute approximate surface area is 133 Å². The van der Waals surface area contributed by atoms with E-state index in [1.165, 1.54) is 0 Å². The lowest BCUT2D eigenvalue weighted by molar-refractivity contribution is 0.0699. The van der Waals surface area contributed by atoms with Crippen molar-refractivity contribution in [2.75, 3.05) is 14.2 Å². The van der Waals surface area contributed by atoms with Crippen LogP contribution in [-0.4, -0.2) is 29.9 Å². The lowest BCUT2D eigenvalue weighted by atomic mass is 10.1. The summed E-state index contributed by atoms with van der Waals surface area (Å²) in [6.45, 7) is 0.570. The van der Waals surface area contributed by atoms with Crippen molar-refractivity contribution in [1.82, 2.24) is 4.57 Å². The Kier molecular flexibility index (Phi) is 3.93. The molecule has 0 spiro atoms. The number of methoxy groups -OCH3 is 2. The van der Waals surface area contributed by atoms with Gasteiger partial charge < -0.3 is 19.1 Å². The van der Waals surface area contributed by atoms with Crippen molar-refractivity contribution in [3.63, 3.8) is 0 Å². The van der Waals surface area contributed by atoms with Gasteiger partial charge in [0.15, 0.2) is 0 Å². The predicted molar refractivity (Wildman–Crippen MR) is 87.5 cm³/mol. The minimum atomic E-state index is -0.936. The average molecular weight is 311 g/mol. The molecule has 0 atom stereocenters. The van der Waals surface area contributed by atoms with Crippen LogP contribution in [0.4, 0.5) is 0 Å². The Balaban J connectivity index is 2.05. The first-order valence-corrected chi connectivity index (χ1v) is 7.15. The maximum Gasteiger partial charge on any atom is 0.337 e. The molecular formula is C18H17NO4. The number of carboxylic acid groups (broad SMARTS) is 1. The third-order valence-corrected chi connectivity index (χ3v) is 3.83. The molecule has 118 valence electrons. The van der Waals surface area contributed by atoms with E-state index in [0.29, 0.717) is 17.7 Å². The molecule has 5 nitrogen and oxygen atoms in total. The fourth-order valence-corrected chi connectivity index (χ4v) is 2.63. The van der Waals surface area contributed by atoms with E-state index < -0.39 is 5.97 Å². The van der Waals surface area contributed by atoms with Gasteiger partial charge >= 0.3 is 5.97 Å². The van der Waals surface area contributed by atoms with Crippen molar-refractivity contribution < 1.29 is 19.4 Å². The molecule has 0 aliphatic carbocycles. The highest BCUT2D eigenvalue weighted by atomic mass is 16.5. The number of hydrogen-bond donors (Lipinski definition) is 1. The van der Waals surface area contributed by atoms with Gasteiger partial charge in [0.1, 0.15) is 11.5 Å². The van der Waals surface area contributed by atoms with Gasteiger partial charge in [0.05, 0.1) is 25.3 Å². The van der Waals surface area contributed by atoms with Gasteiger partial charge in [-0.15, -0.1) is 0 Å². The normalized spacial score (nSPS) is 10.7. The molecule has 0 aliphatic rings. The third-order valence-electron chi connectivity index (χ3n) is 3.83. The van der Waals surface area contributed by atoms with Crippen LogP contribution in [0.2, 0.25) is 0 Å². The number of carboxylic acids is 1. The molecule has 0 unspecified atom stereocenters. The Morgan fingerprint density at radius 3 is 2.30 bits per heavy atom. The van der Waals surface area contributed by atoms with Gasteiger partial charge in [0.25, 0.3) is 0 Å². The van der Waals surface area contributed by atoms with E-state index in [2.05, 4.69) is 0 Å². The van der Waals surface area contributed by atoms with Crippen molar-refractivity contribution in [3.8, 4) is 11.5 Å². The molecule has 1 aromatic heterocycles. The summed E-state index contributed by atoms with van der Waals surface area (Å²) in [5, 5.41) is 10.1. The number of fused-ring (bicyclic) bond motifs is 1. The summed E-state index contributed by atoms with van der Waals surface area (Å²) in [6.07, 6.45) is 1.66. The van der Waals surface area contributed by atoms with Crippen LogP contribution in [0, 0.1) is 0 Å². The van der Waals surface area contributed by atoms with E-state index >= 15 is 0 Å². The predicted octanol–water partition coefficient (Wildman–Crippen LogP) is 3.41. The van der Waals surface area contributed by atoms with Crippen LogP contribution in [0.1, 0.15) is 15.9 Å². The molecule has 0 aliphatic heterocycles. The summed E-state index contributed by atoms with van der Waals surface area (Å²) in [7, 11) is 3.22. The molecule has 23 heavy (non-hydrogen) atoms. The highest BCUT2D eigenvalue weighted by molar-refractivity contribution is 6.03. The fourth-order valence-electron chi connectivity index (χ4n) is 2.63. The first kappa shape index (κ1) is 15.0. The fraction of sp³-hybridized carbons (Fsp3) is 0.167. The molecular weight excluding hydrogens is 294 g/mol. The zero-order valence-electron chi connectivity index (χ0n) is 12.9. The standard InChI is InChI=1S/C18H17NO4/c1-22-13-5-3-12(4-6-13)10-19-11-16(18(20)21)15-8-7-14(23-2)9-17(15)19/h3-9,11H,10H2,1-2H3,(H,20,21). The number of carbonyl (C=O) groups is 1. The van der Waals surface area contributed by atoms with Crippen LogP contribution in [0.3, 0.4) is 0 Å². The number of aromatic nitrogens is 1. The molecule has 0 fully saturated rings. The minimum Gasteiger partial charge on any atom is -0.497 e. The van der Waals surface area contributed by atoms with Gasteiger partial charge in [-0.05, 0) is 29.8 Å². The average Bonchev–Trinajstić information content (AvgIpc) is 2.93. The summed E-state index contributed by atoms with van der Waals surface area (Å²) < 4.78 is 12.3. The first-order chi connectivity index (χ1) is 11.1. The highest BCUT2D eigenvalue weighted by Gasteiger charge is 2.15. The van der Waals surface area contributed by atoms with Crippen LogP contribution in [0.25, 0.3) is 10.9 Å². The number of hydrogen-bond acceptors (Lipinski definition) is 3. The van der Waals surface area contributed by atoms with Crippen molar-refractivity contribution in [2.45, 2.75) is 6.54 Å². The van der Waals surface area contributed by atoms with Gasteiger partial charge in [0, 0.05) is 24.2 Å². The summed E-state index contributed by atoms with van der Waals surface area (Å²) in [4.78, 5) is 11.5.